The van der Waals surface area contributed by atoms with Gasteiger partial charge in [-0.2, -0.15) is 0 Å². The molecule has 100 valence electrons. The lowest BCUT2D eigenvalue weighted by Gasteiger charge is -2.03. The number of rotatable bonds is 4. The Morgan fingerprint density at radius 3 is 2.16 bits per heavy atom. The number of carbonyl (C=O) groups is 2. The van der Waals surface area contributed by atoms with Crippen molar-refractivity contribution in [2.75, 3.05) is 14.2 Å². The summed E-state index contributed by atoms with van der Waals surface area (Å²) >= 11 is 0. The Labute approximate surface area is 112 Å². The molecular weight excluding hydrogens is 244 g/mol. The average Bonchev–Trinajstić information content (AvgIpc) is 2.43. The zero-order chi connectivity index (χ0) is 14.3. The molecule has 0 bridgehead atoms. The first-order valence-electron chi connectivity index (χ1n) is 5.73. The summed E-state index contributed by atoms with van der Waals surface area (Å²) < 4.78 is 9.21. The van der Waals surface area contributed by atoms with Crippen LogP contribution in [0.4, 0.5) is 0 Å². The number of hydrogen-bond acceptors (Lipinski definition) is 4. The van der Waals surface area contributed by atoms with Crippen molar-refractivity contribution >= 4 is 24.1 Å². The van der Waals surface area contributed by atoms with E-state index in [0.29, 0.717) is 5.56 Å². The summed E-state index contributed by atoms with van der Waals surface area (Å²) in [5, 5.41) is 0. The first-order valence-corrected chi connectivity index (χ1v) is 5.73. The lowest BCUT2D eigenvalue weighted by molar-refractivity contribution is -0.134. The fourth-order valence-corrected chi connectivity index (χ4v) is 1.53. The summed E-state index contributed by atoms with van der Waals surface area (Å²) in [7, 11) is 2.64. The van der Waals surface area contributed by atoms with Gasteiger partial charge in [0.1, 0.15) is 0 Å². The maximum absolute atomic E-state index is 11.6. The maximum atomic E-state index is 11.6. The van der Waals surface area contributed by atoms with Crippen LogP contribution in [0.15, 0.2) is 30.4 Å². The summed E-state index contributed by atoms with van der Waals surface area (Å²) in [6.07, 6.45) is 6.62. The minimum Gasteiger partial charge on any atom is -0.466 e. The first-order chi connectivity index (χ1) is 9.10. The normalized spacial score (nSPS) is 10.9. The molecule has 0 radical (unpaired) electrons. The van der Waals surface area contributed by atoms with Crippen molar-refractivity contribution in [1.82, 2.24) is 0 Å². The summed E-state index contributed by atoms with van der Waals surface area (Å²) in [6, 6.07) is 5.23. The minimum absolute atomic E-state index is 0.418. The Hall–Kier alpha value is -2.36. The highest BCUT2D eigenvalue weighted by Gasteiger charge is 2.07. The predicted molar refractivity (Wildman–Crippen MR) is 73.5 cm³/mol. The van der Waals surface area contributed by atoms with Crippen LogP contribution in [0.3, 0.4) is 0 Å². The highest BCUT2D eigenvalue weighted by molar-refractivity contribution is 5.92. The van der Waals surface area contributed by atoms with Crippen molar-refractivity contribution in [3.05, 3.63) is 47.0 Å². The molecule has 0 amide bonds. The standard InChI is InChI=1S/C15H16O4/c1-4-5-11-8-12(6-7-14(16)18-2)10-13(9-11)15(17)19-3/h4-10H,1-3H3. The van der Waals surface area contributed by atoms with E-state index in [2.05, 4.69) is 4.74 Å². The third-order valence-corrected chi connectivity index (χ3v) is 2.37. The zero-order valence-corrected chi connectivity index (χ0v) is 11.2. The van der Waals surface area contributed by atoms with Crippen molar-refractivity contribution in [3.8, 4) is 0 Å². The van der Waals surface area contributed by atoms with Crippen molar-refractivity contribution in [2.24, 2.45) is 0 Å². The van der Waals surface area contributed by atoms with Crippen LogP contribution in [0.5, 0.6) is 0 Å². The topological polar surface area (TPSA) is 52.6 Å². The van der Waals surface area contributed by atoms with Crippen LogP contribution in [0.25, 0.3) is 12.2 Å². The van der Waals surface area contributed by atoms with Gasteiger partial charge in [-0.1, -0.05) is 12.2 Å². The molecule has 0 N–H and O–H groups in total. The van der Waals surface area contributed by atoms with Gasteiger partial charge in [-0.15, -0.1) is 0 Å². The number of allylic oxidation sites excluding steroid dienone is 1. The molecule has 0 aliphatic rings. The smallest absolute Gasteiger partial charge is 0.337 e. The SMILES string of the molecule is CC=Cc1cc(C=CC(=O)OC)cc(C(=O)OC)c1. The Morgan fingerprint density at radius 1 is 1.00 bits per heavy atom. The minimum atomic E-state index is -0.448. The van der Waals surface area contributed by atoms with Crippen LogP contribution in [0.2, 0.25) is 0 Å². The second-order valence-electron chi connectivity index (χ2n) is 3.74. The van der Waals surface area contributed by atoms with Crippen molar-refractivity contribution < 1.29 is 19.1 Å². The van der Waals surface area contributed by atoms with Crippen molar-refractivity contribution in [1.29, 1.82) is 0 Å². The van der Waals surface area contributed by atoms with E-state index in [0.717, 1.165) is 11.1 Å². The monoisotopic (exact) mass is 260 g/mol. The number of ether oxygens (including phenoxy) is 2. The molecule has 0 aromatic heterocycles. The third kappa shape index (κ3) is 4.43. The van der Waals surface area contributed by atoms with Crippen LogP contribution < -0.4 is 0 Å². The quantitative estimate of drug-likeness (QED) is 0.617. The van der Waals surface area contributed by atoms with Gasteiger partial charge in [0.2, 0.25) is 0 Å². The summed E-state index contributed by atoms with van der Waals surface area (Å²) in [5.41, 5.74) is 2.01. The Morgan fingerprint density at radius 2 is 1.63 bits per heavy atom. The molecule has 0 saturated heterocycles. The second-order valence-corrected chi connectivity index (χ2v) is 3.74. The predicted octanol–water partition coefficient (Wildman–Crippen LogP) is 2.69. The second kappa shape index (κ2) is 7.16. The molecule has 0 heterocycles. The molecule has 1 rings (SSSR count). The highest BCUT2D eigenvalue weighted by Crippen LogP contribution is 2.14. The van der Waals surface area contributed by atoms with E-state index in [9.17, 15) is 9.59 Å². The maximum Gasteiger partial charge on any atom is 0.337 e. The Bertz CT molecular complexity index is 527. The molecule has 19 heavy (non-hydrogen) atoms. The van der Waals surface area contributed by atoms with Crippen LogP contribution in [-0.4, -0.2) is 26.2 Å². The van der Waals surface area contributed by atoms with Gasteiger partial charge >= 0.3 is 11.9 Å². The van der Waals surface area contributed by atoms with Gasteiger partial charge in [-0.05, 0) is 42.3 Å². The average molecular weight is 260 g/mol. The fourth-order valence-electron chi connectivity index (χ4n) is 1.53. The molecule has 0 unspecified atom stereocenters. The molecule has 1 aromatic rings. The van der Waals surface area contributed by atoms with E-state index >= 15 is 0 Å². The van der Waals surface area contributed by atoms with Gasteiger partial charge in [-0.25, -0.2) is 9.59 Å². The first kappa shape index (κ1) is 14.7. The van der Waals surface area contributed by atoms with Crippen LogP contribution in [-0.2, 0) is 14.3 Å². The fraction of sp³-hybridized carbons (Fsp3) is 0.200. The molecule has 0 aliphatic heterocycles. The lowest BCUT2D eigenvalue weighted by atomic mass is 10.0. The molecule has 1 aromatic carbocycles. The van der Waals surface area contributed by atoms with E-state index in [1.54, 1.807) is 18.2 Å². The molecule has 0 spiro atoms. The molecular formula is C15H16O4. The molecule has 4 heteroatoms. The van der Waals surface area contributed by atoms with Gasteiger partial charge in [0.25, 0.3) is 0 Å². The molecule has 0 aliphatic carbocycles. The van der Waals surface area contributed by atoms with Crippen LogP contribution >= 0.6 is 0 Å². The largest absolute Gasteiger partial charge is 0.466 e. The summed E-state index contributed by atoms with van der Waals surface area (Å²) in [5.74, 6) is -0.866. The third-order valence-electron chi connectivity index (χ3n) is 2.37. The van der Waals surface area contributed by atoms with E-state index in [1.807, 2.05) is 25.1 Å². The zero-order valence-electron chi connectivity index (χ0n) is 11.2. The van der Waals surface area contributed by atoms with Gasteiger partial charge < -0.3 is 9.47 Å². The van der Waals surface area contributed by atoms with Gasteiger partial charge in [0.15, 0.2) is 0 Å². The number of hydrogen-bond donors (Lipinski definition) is 0. The van der Waals surface area contributed by atoms with Gasteiger partial charge in [0, 0.05) is 6.08 Å². The molecule has 0 saturated carbocycles. The van der Waals surface area contributed by atoms with Gasteiger partial charge in [0.05, 0.1) is 19.8 Å². The Balaban J connectivity index is 3.16. The lowest BCUT2D eigenvalue weighted by Crippen LogP contribution is -2.02. The van der Waals surface area contributed by atoms with Crippen molar-refractivity contribution in [3.63, 3.8) is 0 Å². The van der Waals surface area contributed by atoms with E-state index in [4.69, 9.17) is 4.74 Å². The van der Waals surface area contributed by atoms with Crippen LogP contribution in [0, 0.1) is 0 Å². The van der Waals surface area contributed by atoms with Crippen molar-refractivity contribution in [2.45, 2.75) is 6.92 Å². The summed E-state index contributed by atoms with van der Waals surface area (Å²) in [4.78, 5) is 22.6. The number of benzene rings is 1. The van der Waals surface area contributed by atoms with E-state index < -0.39 is 11.9 Å². The number of esters is 2. The molecule has 4 nitrogen and oxygen atoms in total. The van der Waals surface area contributed by atoms with Crippen LogP contribution in [0.1, 0.15) is 28.4 Å². The summed E-state index contributed by atoms with van der Waals surface area (Å²) in [6.45, 7) is 1.88. The van der Waals surface area contributed by atoms with E-state index in [1.165, 1.54) is 20.3 Å². The van der Waals surface area contributed by atoms with Gasteiger partial charge in [-0.3, -0.25) is 0 Å². The molecule has 0 atom stereocenters. The highest BCUT2D eigenvalue weighted by atomic mass is 16.5. The number of methoxy groups -OCH3 is 2. The molecule has 0 fully saturated rings. The Kier molecular flexibility index (Phi) is 5.54. The number of carbonyl (C=O) groups excluding carboxylic acids is 2. The van der Waals surface area contributed by atoms with E-state index in [-0.39, 0.29) is 0 Å².